The quantitative estimate of drug-likeness (QED) is 0.427. The number of aromatic nitrogens is 2. The van der Waals surface area contributed by atoms with Crippen molar-refractivity contribution in [2.45, 2.75) is 38.5 Å². The molecule has 1 aliphatic heterocycles. The lowest BCUT2D eigenvalue weighted by Crippen LogP contribution is -2.22. The molecule has 0 saturated carbocycles. The third-order valence-electron chi connectivity index (χ3n) is 5.41. The van der Waals surface area contributed by atoms with E-state index in [2.05, 4.69) is 15.3 Å². The van der Waals surface area contributed by atoms with Crippen LogP contribution in [0.3, 0.4) is 0 Å². The Kier molecular flexibility index (Phi) is 5.47. The summed E-state index contributed by atoms with van der Waals surface area (Å²) in [6.07, 6.45) is -0.823. The first kappa shape index (κ1) is 21.0. The van der Waals surface area contributed by atoms with Gasteiger partial charge in [0.15, 0.2) is 0 Å². The van der Waals surface area contributed by atoms with Crippen LogP contribution in [0.2, 0.25) is 0 Å². The molecule has 0 saturated heterocycles. The lowest BCUT2D eigenvalue weighted by atomic mass is 9.80. The molecule has 5 nitrogen and oxygen atoms in total. The van der Waals surface area contributed by atoms with Crippen molar-refractivity contribution in [2.24, 2.45) is 0 Å². The van der Waals surface area contributed by atoms with Gasteiger partial charge in [0.2, 0.25) is 11.8 Å². The fourth-order valence-corrected chi connectivity index (χ4v) is 3.82. The highest BCUT2D eigenvalue weighted by molar-refractivity contribution is 5.79. The molecule has 0 spiro atoms. The van der Waals surface area contributed by atoms with Gasteiger partial charge in [0, 0.05) is 40.8 Å². The van der Waals surface area contributed by atoms with Crippen molar-refractivity contribution < 1.29 is 22.6 Å². The smallest absolute Gasteiger partial charge is 0.416 e. The van der Waals surface area contributed by atoms with Crippen molar-refractivity contribution in [1.29, 1.82) is 0 Å². The summed E-state index contributed by atoms with van der Waals surface area (Å²) in [6, 6.07) is 9.01. The number of methoxy groups -OCH3 is 1. The lowest BCUT2D eigenvalue weighted by molar-refractivity contribution is -0.138. The maximum atomic E-state index is 14.0. The van der Waals surface area contributed by atoms with Gasteiger partial charge >= 0.3 is 6.18 Å². The zero-order valence-corrected chi connectivity index (χ0v) is 17.3. The van der Waals surface area contributed by atoms with Gasteiger partial charge in [-0.15, -0.1) is 0 Å². The van der Waals surface area contributed by atoms with Gasteiger partial charge in [-0.25, -0.2) is 9.97 Å². The molecule has 3 aromatic rings. The Bertz CT molecular complexity index is 1100. The predicted octanol–water partition coefficient (Wildman–Crippen LogP) is 5.92. The molecule has 3 heterocycles. The van der Waals surface area contributed by atoms with Gasteiger partial charge in [-0.1, -0.05) is 25.1 Å². The van der Waals surface area contributed by atoms with Crippen molar-refractivity contribution in [1.82, 2.24) is 9.97 Å². The summed E-state index contributed by atoms with van der Waals surface area (Å²) in [6.45, 7) is 3.86. The van der Waals surface area contributed by atoms with Crippen LogP contribution in [0.1, 0.15) is 48.4 Å². The number of nitrogens with zero attached hydrogens (tertiary/aromatic N) is 2. The lowest BCUT2D eigenvalue weighted by Gasteiger charge is -2.33. The number of alkyl halides is 3. The number of ether oxygens (including phenoxy) is 2. The first-order valence-corrected chi connectivity index (χ1v) is 9.96. The molecule has 0 fully saturated rings. The summed E-state index contributed by atoms with van der Waals surface area (Å²) in [5.41, 5.74) is 1.67. The molecule has 1 N–H and O–H groups in total. The molecule has 0 amide bonds. The summed E-state index contributed by atoms with van der Waals surface area (Å²) in [4.78, 5) is 8.62. The molecule has 4 rings (SSSR count). The van der Waals surface area contributed by atoms with Gasteiger partial charge in [-0.2, -0.15) is 13.2 Å². The number of halogens is 3. The highest BCUT2D eigenvalue weighted by atomic mass is 19.4. The van der Waals surface area contributed by atoms with Crippen LogP contribution in [0.15, 0.2) is 48.8 Å². The van der Waals surface area contributed by atoms with E-state index in [-0.39, 0.29) is 23.4 Å². The van der Waals surface area contributed by atoms with Gasteiger partial charge in [0.25, 0.3) is 0 Å². The van der Waals surface area contributed by atoms with Gasteiger partial charge in [0.05, 0.1) is 18.8 Å². The van der Waals surface area contributed by atoms with Crippen molar-refractivity contribution in [3.63, 3.8) is 0 Å². The van der Waals surface area contributed by atoms with Crippen LogP contribution in [0.5, 0.6) is 11.8 Å². The SMILES string of the molecule is CCC(C)Oc1nccc2c1C(c1ccccc1C(F)(F)F)c1c(ccnc1OC)N2. The molecule has 0 aliphatic carbocycles. The summed E-state index contributed by atoms with van der Waals surface area (Å²) in [5, 5.41) is 3.28. The van der Waals surface area contributed by atoms with E-state index < -0.39 is 17.7 Å². The average Bonchev–Trinajstić information content (AvgIpc) is 2.76. The zero-order valence-electron chi connectivity index (χ0n) is 17.3. The average molecular weight is 429 g/mol. The second-order valence-electron chi connectivity index (χ2n) is 7.34. The van der Waals surface area contributed by atoms with E-state index in [9.17, 15) is 13.2 Å². The third-order valence-corrected chi connectivity index (χ3v) is 5.41. The standard InChI is InChI=1S/C23H22F3N3O2/c1-4-13(2)31-22-20-17(10-12-28-22)29-16-9-11-27-21(30-3)19(16)18(20)14-7-5-6-8-15(14)23(24,25)26/h5-13,18,29H,4H2,1-3H3. The summed E-state index contributed by atoms with van der Waals surface area (Å²) < 4.78 is 53.5. The molecule has 0 bridgehead atoms. The van der Waals surface area contributed by atoms with Crippen LogP contribution in [0.25, 0.3) is 0 Å². The number of benzene rings is 1. The Hall–Kier alpha value is -3.29. The zero-order chi connectivity index (χ0) is 22.2. The van der Waals surface area contributed by atoms with E-state index in [0.717, 1.165) is 12.5 Å². The van der Waals surface area contributed by atoms with Gasteiger partial charge in [-0.05, 0) is 37.1 Å². The van der Waals surface area contributed by atoms with Crippen molar-refractivity contribution >= 4 is 11.4 Å². The second-order valence-corrected chi connectivity index (χ2v) is 7.34. The number of hydrogen-bond donors (Lipinski definition) is 1. The van der Waals surface area contributed by atoms with Crippen molar-refractivity contribution in [3.8, 4) is 11.8 Å². The number of hydrogen-bond acceptors (Lipinski definition) is 5. The van der Waals surface area contributed by atoms with E-state index >= 15 is 0 Å². The molecule has 2 atom stereocenters. The molecular weight excluding hydrogens is 407 g/mol. The summed E-state index contributed by atoms with van der Waals surface area (Å²) >= 11 is 0. The fourth-order valence-electron chi connectivity index (χ4n) is 3.82. The molecule has 8 heteroatoms. The summed E-state index contributed by atoms with van der Waals surface area (Å²) in [5.74, 6) is -0.297. The Balaban J connectivity index is 2.04. The molecule has 162 valence electrons. The second kappa shape index (κ2) is 8.09. The van der Waals surface area contributed by atoms with Crippen LogP contribution in [0, 0.1) is 0 Å². The van der Waals surface area contributed by atoms with E-state index in [4.69, 9.17) is 9.47 Å². The number of pyridine rings is 2. The van der Waals surface area contributed by atoms with Crippen molar-refractivity contribution in [2.75, 3.05) is 12.4 Å². The number of anilines is 2. The monoisotopic (exact) mass is 429 g/mol. The third kappa shape index (κ3) is 3.78. The molecule has 1 aromatic carbocycles. The minimum Gasteiger partial charge on any atom is -0.481 e. The summed E-state index contributed by atoms with van der Waals surface area (Å²) in [7, 11) is 1.45. The van der Waals surface area contributed by atoms with Crippen LogP contribution in [-0.2, 0) is 6.18 Å². The molecular formula is C23H22F3N3O2. The predicted molar refractivity (Wildman–Crippen MR) is 111 cm³/mol. The van der Waals surface area contributed by atoms with E-state index in [0.29, 0.717) is 22.5 Å². The molecule has 1 aliphatic rings. The molecule has 31 heavy (non-hydrogen) atoms. The van der Waals surface area contributed by atoms with Crippen LogP contribution < -0.4 is 14.8 Å². The van der Waals surface area contributed by atoms with E-state index in [1.165, 1.54) is 19.2 Å². The van der Waals surface area contributed by atoms with Gasteiger partial charge in [-0.3, -0.25) is 0 Å². The van der Waals surface area contributed by atoms with Crippen LogP contribution >= 0.6 is 0 Å². The molecule has 2 aromatic heterocycles. The molecule has 2 unspecified atom stereocenters. The highest BCUT2D eigenvalue weighted by Crippen LogP contribution is 2.52. The number of rotatable bonds is 5. The largest absolute Gasteiger partial charge is 0.481 e. The molecule has 0 radical (unpaired) electrons. The Morgan fingerprint density at radius 1 is 1.00 bits per heavy atom. The Morgan fingerprint density at radius 3 is 2.23 bits per heavy atom. The van der Waals surface area contributed by atoms with Gasteiger partial charge < -0.3 is 14.8 Å². The van der Waals surface area contributed by atoms with E-state index in [1.54, 1.807) is 30.6 Å². The Morgan fingerprint density at radius 2 is 1.61 bits per heavy atom. The highest BCUT2D eigenvalue weighted by Gasteiger charge is 2.41. The number of nitrogens with one attached hydrogen (secondary N) is 1. The minimum absolute atomic E-state index is 0.0901. The van der Waals surface area contributed by atoms with Crippen molar-refractivity contribution in [3.05, 3.63) is 71.0 Å². The Labute approximate surface area is 178 Å². The number of fused-ring (bicyclic) bond motifs is 2. The topological polar surface area (TPSA) is 56.3 Å². The van der Waals surface area contributed by atoms with E-state index in [1.807, 2.05) is 13.8 Å². The maximum Gasteiger partial charge on any atom is 0.416 e. The van der Waals surface area contributed by atoms with Crippen LogP contribution in [-0.4, -0.2) is 23.2 Å². The van der Waals surface area contributed by atoms with Gasteiger partial charge in [0.1, 0.15) is 0 Å². The first-order valence-electron chi connectivity index (χ1n) is 9.96. The maximum absolute atomic E-state index is 14.0. The van der Waals surface area contributed by atoms with Crippen LogP contribution in [0.4, 0.5) is 24.5 Å². The first-order chi connectivity index (χ1) is 14.8. The normalized spacial score (nSPS) is 16.0. The minimum atomic E-state index is -4.53. The fraction of sp³-hybridized carbons (Fsp3) is 0.304.